The molecule has 0 N–H and O–H groups in total. The van der Waals surface area contributed by atoms with Gasteiger partial charge in [0.05, 0.1) is 0 Å². The van der Waals surface area contributed by atoms with Crippen LogP contribution < -0.4 is 0 Å². The van der Waals surface area contributed by atoms with Gasteiger partial charge in [0.25, 0.3) is 0 Å². The molecule has 4 rings (SSSR count). The number of hydrogen-bond donors (Lipinski definition) is 0. The second kappa shape index (κ2) is 6.07. The molecule has 0 heterocycles. The van der Waals surface area contributed by atoms with Crippen LogP contribution in [0, 0.1) is 28.6 Å². The van der Waals surface area contributed by atoms with E-state index in [1.165, 1.54) is 18.9 Å². The largest absolute Gasteiger partial charge is 0.462 e. The highest BCUT2D eigenvalue weighted by molar-refractivity contribution is 5.95. The SMILES string of the molecule is CC(=O)OC1CC[C@@]2(C)C(=CC[C@@H]3[C@@H]2CC[C@]2(C)C(C(C)=O)=CC[C@@H]32)C1. The summed E-state index contributed by atoms with van der Waals surface area (Å²) < 4.78 is 5.52. The highest BCUT2D eigenvalue weighted by Gasteiger charge is 2.57. The van der Waals surface area contributed by atoms with Gasteiger partial charge in [0.2, 0.25) is 0 Å². The fraction of sp³-hybridized carbons (Fsp3) is 0.739. The fourth-order valence-corrected chi connectivity index (χ4v) is 7.08. The molecule has 0 spiro atoms. The number of ketones is 1. The Hall–Kier alpha value is -1.38. The Morgan fingerprint density at radius 3 is 2.42 bits per heavy atom. The van der Waals surface area contributed by atoms with Gasteiger partial charge in [-0.05, 0) is 79.6 Å². The molecule has 0 aliphatic heterocycles. The first-order valence-corrected chi connectivity index (χ1v) is 10.3. The van der Waals surface area contributed by atoms with Crippen molar-refractivity contribution in [2.45, 2.75) is 78.7 Å². The van der Waals surface area contributed by atoms with Gasteiger partial charge in [-0.3, -0.25) is 9.59 Å². The van der Waals surface area contributed by atoms with E-state index in [4.69, 9.17) is 4.74 Å². The van der Waals surface area contributed by atoms with Crippen LogP contribution in [0.1, 0.15) is 72.6 Å². The predicted octanol–water partition coefficient (Wildman–Crippen LogP) is 5.01. The first-order chi connectivity index (χ1) is 12.3. The minimum absolute atomic E-state index is 0.0645. The van der Waals surface area contributed by atoms with Crippen molar-refractivity contribution < 1.29 is 14.3 Å². The minimum Gasteiger partial charge on any atom is -0.462 e. The summed E-state index contributed by atoms with van der Waals surface area (Å²) in [6.45, 7) is 8.05. The maximum absolute atomic E-state index is 12.2. The second-order valence-corrected chi connectivity index (χ2v) is 9.60. The highest BCUT2D eigenvalue weighted by Crippen LogP contribution is 2.65. The summed E-state index contributed by atoms with van der Waals surface area (Å²) in [4.78, 5) is 23.5. The van der Waals surface area contributed by atoms with Crippen LogP contribution in [0.5, 0.6) is 0 Å². The van der Waals surface area contributed by atoms with Crippen molar-refractivity contribution in [3.05, 3.63) is 23.3 Å². The van der Waals surface area contributed by atoms with Crippen LogP contribution in [0.2, 0.25) is 0 Å². The lowest BCUT2D eigenvalue weighted by molar-refractivity contribution is -0.148. The smallest absolute Gasteiger partial charge is 0.302 e. The zero-order valence-electron chi connectivity index (χ0n) is 16.6. The van der Waals surface area contributed by atoms with Gasteiger partial charge in [0, 0.05) is 13.3 Å². The number of ether oxygens (including phenoxy) is 1. The molecule has 142 valence electrons. The summed E-state index contributed by atoms with van der Waals surface area (Å²) in [5.74, 6) is 2.11. The number of carbonyl (C=O) groups is 2. The van der Waals surface area contributed by atoms with Crippen molar-refractivity contribution in [1.82, 2.24) is 0 Å². The van der Waals surface area contributed by atoms with Gasteiger partial charge in [-0.2, -0.15) is 0 Å². The lowest BCUT2D eigenvalue weighted by Gasteiger charge is -2.57. The van der Waals surface area contributed by atoms with Gasteiger partial charge in [-0.25, -0.2) is 0 Å². The van der Waals surface area contributed by atoms with Crippen LogP contribution in [0.3, 0.4) is 0 Å². The van der Waals surface area contributed by atoms with Gasteiger partial charge in [0.1, 0.15) is 6.10 Å². The number of allylic oxidation sites excluding steroid dienone is 3. The topological polar surface area (TPSA) is 43.4 Å². The molecule has 1 unspecified atom stereocenters. The maximum atomic E-state index is 12.2. The summed E-state index contributed by atoms with van der Waals surface area (Å²) in [6.07, 6.45) is 12.3. The molecule has 4 aliphatic rings. The molecule has 0 amide bonds. The van der Waals surface area contributed by atoms with Crippen molar-refractivity contribution >= 4 is 11.8 Å². The zero-order chi connectivity index (χ0) is 18.7. The third kappa shape index (κ3) is 2.53. The normalized spacial score (nSPS) is 44.2. The predicted molar refractivity (Wildman–Crippen MR) is 101 cm³/mol. The Balaban J connectivity index is 1.59. The number of Topliss-reactive ketones (excluding diaryl/α,β-unsaturated/α-hetero) is 1. The quantitative estimate of drug-likeness (QED) is 0.516. The van der Waals surface area contributed by atoms with Gasteiger partial charge in [-0.1, -0.05) is 31.6 Å². The Morgan fingerprint density at radius 2 is 1.73 bits per heavy atom. The number of rotatable bonds is 2. The van der Waals surface area contributed by atoms with E-state index in [1.807, 2.05) is 0 Å². The van der Waals surface area contributed by atoms with Crippen LogP contribution in [0.25, 0.3) is 0 Å². The monoisotopic (exact) mass is 356 g/mol. The van der Waals surface area contributed by atoms with Crippen molar-refractivity contribution in [3.63, 3.8) is 0 Å². The Kier molecular flexibility index (Phi) is 4.20. The minimum atomic E-state index is -0.157. The highest BCUT2D eigenvalue weighted by atomic mass is 16.5. The fourth-order valence-electron chi connectivity index (χ4n) is 7.08. The van der Waals surface area contributed by atoms with Gasteiger partial charge in [-0.15, -0.1) is 0 Å². The van der Waals surface area contributed by atoms with Crippen LogP contribution in [0.15, 0.2) is 23.3 Å². The summed E-state index contributed by atoms with van der Waals surface area (Å²) in [7, 11) is 0. The first kappa shape index (κ1) is 18.0. The lowest BCUT2D eigenvalue weighted by atomic mass is 9.47. The van der Waals surface area contributed by atoms with Gasteiger partial charge < -0.3 is 4.74 Å². The van der Waals surface area contributed by atoms with Crippen molar-refractivity contribution in [2.24, 2.45) is 28.6 Å². The van der Waals surface area contributed by atoms with E-state index >= 15 is 0 Å². The molecule has 0 saturated heterocycles. The molecular formula is C23H32O3. The molecule has 26 heavy (non-hydrogen) atoms. The molecule has 3 nitrogen and oxygen atoms in total. The summed E-state index contributed by atoms with van der Waals surface area (Å²) >= 11 is 0. The number of hydrogen-bond acceptors (Lipinski definition) is 3. The van der Waals surface area contributed by atoms with Crippen molar-refractivity contribution in [3.8, 4) is 0 Å². The molecule has 6 atom stereocenters. The van der Waals surface area contributed by atoms with Crippen LogP contribution >= 0.6 is 0 Å². The average Bonchev–Trinajstić information content (AvgIpc) is 2.92. The molecule has 0 aromatic carbocycles. The lowest BCUT2D eigenvalue weighted by Crippen LogP contribution is -2.50. The molecule has 3 heteroatoms. The molecule has 0 bridgehead atoms. The van der Waals surface area contributed by atoms with Crippen LogP contribution in [-0.4, -0.2) is 17.9 Å². The molecule has 0 radical (unpaired) electrons. The Bertz CT molecular complexity index is 702. The number of esters is 1. The van der Waals surface area contributed by atoms with Crippen LogP contribution in [0.4, 0.5) is 0 Å². The van der Waals surface area contributed by atoms with E-state index in [0.29, 0.717) is 17.8 Å². The Labute approximate surface area is 157 Å². The molecule has 2 saturated carbocycles. The van der Waals surface area contributed by atoms with Crippen LogP contribution in [-0.2, 0) is 14.3 Å². The van der Waals surface area contributed by atoms with Gasteiger partial charge >= 0.3 is 5.97 Å². The van der Waals surface area contributed by atoms with E-state index in [2.05, 4.69) is 26.0 Å². The van der Waals surface area contributed by atoms with E-state index in [0.717, 1.165) is 44.1 Å². The number of fused-ring (bicyclic) bond motifs is 5. The molecule has 0 aromatic heterocycles. The summed E-state index contributed by atoms with van der Waals surface area (Å²) in [5, 5.41) is 0. The second-order valence-electron chi connectivity index (χ2n) is 9.60. The van der Waals surface area contributed by atoms with Crippen molar-refractivity contribution in [1.29, 1.82) is 0 Å². The van der Waals surface area contributed by atoms with E-state index in [1.54, 1.807) is 6.92 Å². The summed E-state index contributed by atoms with van der Waals surface area (Å²) in [5.41, 5.74) is 2.96. The van der Waals surface area contributed by atoms with E-state index in [9.17, 15) is 9.59 Å². The number of carbonyl (C=O) groups excluding carboxylic acids is 2. The van der Waals surface area contributed by atoms with E-state index in [-0.39, 0.29) is 28.7 Å². The van der Waals surface area contributed by atoms with E-state index < -0.39 is 0 Å². The first-order valence-electron chi connectivity index (χ1n) is 10.3. The molecular weight excluding hydrogens is 324 g/mol. The Morgan fingerprint density at radius 1 is 1.00 bits per heavy atom. The third-order valence-corrected chi connectivity index (χ3v) is 8.35. The van der Waals surface area contributed by atoms with Gasteiger partial charge in [0.15, 0.2) is 5.78 Å². The van der Waals surface area contributed by atoms with Crippen molar-refractivity contribution in [2.75, 3.05) is 0 Å². The zero-order valence-corrected chi connectivity index (χ0v) is 16.6. The molecule has 4 aliphatic carbocycles. The molecule has 0 aromatic rings. The third-order valence-electron chi connectivity index (χ3n) is 8.35. The average molecular weight is 357 g/mol. The maximum Gasteiger partial charge on any atom is 0.302 e. The summed E-state index contributed by atoms with van der Waals surface area (Å²) in [6, 6.07) is 0. The standard InChI is InChI=1S/C23H32O3/c1-14(24)19-7-8-20-18-6-5-16-13-17(26-15(2)25)9-11-22(16,3)21(18)10-12-23(19,20)4/h5,7,17-18,20-21H,6,8-13H2,1-4H3/t17?,18-,20-,21-,22-,23+/m0/s1. The molecule has 2 fully saturated rings.